The van der Waals surface area contributed by atoms with Crippen LogP contribution in [0.2, 0.25) is 0 Å². The van der Waals surface area contributed by atoms with Crippen LogP contribution in [-0.4, -0.2) is 37.2 Å². The van der Waals surface area contributed by atoms with Crippen LogP contribution in [0.5, 0.6) is 0 Å². The molecule has 73 heavy (non-hydrogen) atoms. The van der Waals surface area contributed by atoms with E-state index < -0.39 is 6.10 Å². The van der Waals surface area contributed by atoms with Crippen molar-refractivity contribution in [3.05, 3.63) is 0 Å². The van der Waals surface area contributed by atoms with E-state index in [1.165, 1.54) is 270 Å². The van der Waals surface area contributed by atoms with Gasteiger partial charge in [0.2, 0.25) is 0 Å². The molecule has 0 aliphatic carbocycles. The summed E-state index contributed by atoms with van der Waals surface area (Å²) in [4.78, 5) is 38.3. The summed E-state index contributed by atoms with van der Waals surface area (Å²) in [5.74, 6) is 0.906. The molecule has 2 atom stereocenters. The van der Waals surface area contributed by atoms with Gasteiger partial charge in [0, 0.05) is 19.3 Å². The number of esters is 3. The van der Waals surface area contributed by atoms with Gasteiger partial charge in [0.1, 0.15) is 13.2 Å². The molecule has 0 heterocycles. The average Bonchev–Trinajstić information content (AvgIpc) is 3.38. The van der Waals surface area contributed by atoms with Crippen molar-refractivity contribution in [2.45, 2.75) is 387 Å². The smallest absolute Gasteiger partial charge is 0.306 e. The van der Waals surface area contributed by atoms with E-state index in [4.69, 9.17) is 14.2 Å². The highest BCUT2D eigenvalue weighted by Gasteiger charge is 2.19. The number of ether oxygens (including phenoxy) is 3. The Morgan fingerprint density at radius 3 is 0.781 bits per heavy atom. The molecule has 0 aliphatic rings. The molecule has 0 aliphatic heterocycles. The Hall–Kier alpha value is -1.59. The number of hydrogen-bond acceptors (Lipinski definition) is 6. The fourth-order valence-electron chi connectivity index (χ4n) is 10.4. The molecule has 434 valence electrons. The molecule has 6 nitrogen and oxygen atoms in total. The van der Waals surface area contributed by atoms with Crippen LogP contribution in [-0.2, 0) is 28.6 Å². The first-order valence-electron chi connectivity index (χ1n) is 33.3. The Balaban J connectivity index is 4.26. The molecule has 0 spiro atoms. The first-order chi connectivity index (χ1) is 35.8. The minimum absolute atomic E-state index is 0.0618. The lowest BCUT2D eigenvalue weighted by Crippen LogP contribution is -2.30. The number of unbranched alkanes of at least 4 members (excludes halogenated alkanes) is 45. The standard InChI is InChI=1S/C67H130O6/c1-6-8-9-10-11-12-13-14-15-16-17-21-24-27-32-37-42-47-52-57-65(68)71-60-64(61-72-66(69)58-53-48-43-38-34-29-30-35-40-45-50-55-62(3)4)73-67(70)59-54-49-44-39-33-28-25-22-19-18-20-23-26-31-36-41-46-51-56-63(5)7-2/h62-64H,6-61H2,1-5H3/t63?,64-/m0/s1. The summed E-state index contributed by atoms with van der Waals surface area (Å²) in [5, 5.41) is 0. The van der Waals surface area contributed by atoms with Crippen molar-refractivity contribution in [2.24, 2.45) is 11.8 Å². The van der Waals surface area contributed by atoms with Crippen LogP contribution in [0.1, 0.15) is 381 Å². The molecule has 0 radical (unpaired) electrons. The molecule has 0 rings (SSSR count). The number of hydrogen-bond donors (Lipinski definition) is 0. The van der Waals surface area contributed by atoms with Crippen molar-refractivity contribution in [3.63, 3.8) is 0 Å². The zero-order chi connectivity index (χ0) is 53.2. The fraction of sp³-hybridized carbons (Fsp3) is 0.955. The summed E-state index contributed by atoms with van der Waals surface area (Å²) in [6.07, 6.45) is 66.8. The molecule has 0 amide bonds. The van der Waals surface area contributed by atoms with Gasteiger partial charge in [-0.15, -0.1) is 0 Å². The largest absolute Gasteiger partial charge is 0.462 e. The van der Waals surface area contributed by atoms with Gasteiger partial charge in [-0.3, -0.25) is 14.4 Å². The van der Waals surface area contributed by atoms with E-state index in [2.05, 4.69) is 34.6 Å². The SMILES string of the molecule is CCCCCCCCCCCCCCCCCCCCCC(=O)OC[C@@H](COC(=O)CCCCCCCCCCCCCC(C)C)OC(=O)CCCCCCCCCCCCCCCCCCCCC(C)CC. The first kappa shape index (κ1) is 71.4. The lowest BCUT2D eigenvalue weighted by Gasteiger charge is -2.18. The van der Waals surface area contributed by atoms with E-state index in [-0.39, 0.29) is 31.1 Å². The minimum Gasteiger partial charge on any atom is -0.462 e. The number of carbonyl (C=O) groups is 3. The fourth-order valence-corrected chi connectivity index (χ4v) is 10.4. The van der Waals surface area contributed by atoms with Crippen molar-refractivity contribution in [1.82, 2.24) is 0 Å². The van der Waals surface area contributed by atoms with Crippen LogP contribution in [0.3, 0.4) is 0 Å². The average molecular weight is 1030 g/mol. The van der Waals surface area contributed by atoms with E-state index in [1.807, 2.05) is 0 Å². The third-order valence-electron chi connectivity index (χ3n) is 15.8. The van der Waals surface area contributed by atoms with Crippen molar-refractivity contribution < 1.29 is 28.6 Å². The molecular formula is C67H130O6. The molecule has 0 bridgehead atoms. The Morgan fingerprint density at radius 2 is 0.521 bits per heavy atom. The van der Waals surface area contributed by atoms with Gasteiger partial charge in [0.15, 0.2) is 6.10 Å². The van der Waals surface area contributed by atoms with Crippen molar-refractivity contribution >= 4 is 17.9 Å². The zero-order valence-electron chi connectivity index (χ0n) is 50.3. The normalized spacial score (nSPS) is 12.4. The van der Waals surface area contributed by atoms with Crippen LogP contribution in [0.15, 0.2) is 0 Å². The molecule has 6 heteroatoms. The molecule has 0 aromatic carbocycles. The molecular weight excluding hydrogens is 901 g/mol. The Morgan fingerprint density at radius 1 is 0.288 bits per heavy atom. The second-order valence-electron chi connectivity index (χ2n) is 23.8. The van der Waals surface area contributed by atoms with Crippen molar-refractivity contribution in [3.8, 4) is 0 Å². The lowest BCUT2D eigenvalue weighted by atomic mass is 9.99. The van der Waals surface area contributed by atoms with E-state index >= 15 is 0 Å². The van der Waals surface area contributed by atoms with Gasteiger partial charge in [0.25, 0.3) is 0 Å². The maximum atomic E-state index is 12.9. The van der Waals surface area contributed by atoms with Gasteiger partial charge in [-0.25, -0.2) is 0 Å². The second-order valence-corrected chi connectivity index (χ2v) is 23.8. The molecule has 0 saturated heterocycles. The zero-order valence-corrected chi connectivity index (χ0v) is 50.3. The monoisotopic (exact) mass is 1030 g/mol. The maximum Gasteiger partial charge on any atom is 0.306 e. The van der Waals surface area contributed by atoms with Gasteiger partial charge in [-0.2, -0.15) is 0 Å². The van der Waals surface area contributed by atoms with Gasteiger partial charge in [0.05, 0.1) is 0 Å². The summed E-state index contributed by atoms with van der Waals surface area (Å²) in [7, 11) is 0. The highest BCUT2D eigenvalue weighted by molar-refractivity contribution is 5.71. The number of rotatable bonds is 61. The quantitative estimate of drug-likeness (QED) is 0.0343. The molecule has 0 aromatic rings. The third kappa shape index (κ3) is 59.5. The first-order valence-corrected chi connectivity index (χ1v) is 33.3. The van der Waals surface area contributed by atoms with Gasteiger partial charge < -0.3 is 14.2 Å². The van der Waals surface area contributed by atoms with E-state index in [0.717, 1.165) is 69.6 Å². The summed E-state index contributed by atoms with van der Waals surface area (Å²) in [6, 6.07) is 0. The van der Waals surface area contributed by atoms with Gasteiger partial charge >= 0.3 is 17.9 Å². The maximum absolute atomic E-state index is 12.9. The summed E-state index contributed by atoms with van der Waals surface area (Å²) in [6.45, 7) is 11.5. The summed E-state index contributed by atoms with van der Waals surface area (Å²) < 4.78 is 17.0. The van der Waals surface area contributed by atoms with Gasteiger partial charge in [-0.05, 0) is 31.1 Å². The topological polar surface area (TPSA) is 78.9 Å². The van der Waals surface area contributed by atoms with Crippen LogP contribution in [0, 0.1) is 11.8 Å². The molecule has 0 aromatic heterocycles. The van der Waals surface area contributed by atoms with Crippen molar-refractivity contribution in [1.29, 1.82) is 0 Å². The van der Waals surface area contributed by atoms with Crippen LogP contribution < -0.4 is 0 Å². The van der Waals surface area contributed by atoms with E-state index in [9.17, 15) is 14.4 Å². The third-order valence-corrected chi connectivity index (χ3v) is 15.8. The van der Waals surface area contributed by atoms with Gasteiger partial charge in [-0.1, -0.05) is 343 Å². The minimum atomic E-state index is -0.764. The van der Waals surface area contributed by atoms with Crippen LogP contribution in [0.4, 0.5) is 0 Å². The summed E-state index contributed by atoms with van der Waals surface area (Å²) >= 11 is 0. The Labute approximate surface area is 457 Å². The Kier molecular flexibility index (Phi) is 58.4. The van der Waals surface area contributed by atoms with Crippen molar-refractivity contribution in [2.75, 3.05) is 13.2 Å². The highest BCUT2D eigenvalue weighted by atomic mass is 16.6. The van der Waals surface area contributed by atoms with Crippen LogP contribution in [0.25, 0.3) is 0 Å². The Bertz CT molecular complexity index is 1120. The predicted molar refractivity (Wildman–Crippen MR) is 316 cm³/mol. The number of carbonyl (C=O) groups excluding carboxylic acids is 3. The second kappa shape index (κ2) is 59.7. The lowest BCUT2D eigenvalue weighted by molar-refractivity contribution is -0.167. The molecule has 0 N–H and O–H groups in total. The predicted octanol–water partition coefficient (Wildman–Crippen LogP) is 22.4. The summed E-state index contributed by atoms with van der Waals surface area (Å²) in [5.41, 5.74) is 0. The van der Waals surface area contributed by atoms with E-state index in [1.54, 1.807) is 0 Å². The molecule has 0 fully saturated rings. The molecule has 1 unspecified atom stereocenters. The van der Waals surface area contributed by atoms with Crippen LogP contribution >= 0.6 is 0 Å². The molecule has 0 saturated carbocycles. The highest BCUT2D eigenvalue weighted by Crippen LogP contribution is 2.20. The van der Waals surface area contributed by atoms with E-state index in [0.29, 0.717) is 19.3 Å².